The molecule has 1 aromatic carbocycles. The predicted molar refractivity (Wildman–Crippen MR) is 83.2 cm³/mol. The van der Waals surface area contributed by atoms with Gasteiger partial charge >= 0.3 is 0 Å². The molecule has 1 amide bonds. The monoisotopic (exact) mass is 286 g/mol. The van der Waals surface area contributed by atoms with Crippen molar-refractivity contribution in [2.75, 3.05) is 6.61 Å². The number of amides is 1. The number of nitrogens with one attached hydrogen (secondary N) is 1. The van der Waals surface area contributed by atoms with E-state index in [1.807, 2.05) is 67.9 Å². The number of benzene rings is 1. The molecule has 112 valence electrons. The Morgan fingerprint density at radius 1 is 1.24 bits per heavy atom. The van der Waals surface area contributed by atoms with Crippen LogP contribution in [0.5, 0.6) is 0 Å². The van der Waals surface area contributed by atoms with E-state index in [-0.39, 0.29) is 18.6 Å². The van der Waals surface area contributed by atoms with Crippen LogP contribution in [-0.2, 0) is 5.54 Å². The lowest BCUT2D eigenvalue weighted by Crippen LogP contribution is -2.46. The van der Waals surface area contributed by atoms with Gasteiger partial charge in [0.2, 0.25) is 0 Å². The van der Waals surface area contributed by atoms with Crippen molar-refractivity contribution in [3.8, 4) is 0 Å². The summed E-state index contributed by atoms with van der Waals surface area (Å²) in [6, 6.07) is 13.4. The van der Waals surface area contributed by atoms with Crippen LogP contribution in [0, 0.1) is 0 Å². The van der Waals surface area contributed by atoms with Gasteiger partial charge in [-0.3, -0.25) is 4.79 Å². The van der Waals surface area contributed by atoms with Gasteiger partial charge < -0.3 is 15.0 Å². The van der Waals surface area contributed by atoms with Crippen LogP contribution in [0.15, 0.2) is 48.7 Å². The molecule has 1 unspecified atom stereocenters. The maximum Gasteiger partial charge on any atom is 0.268 e. The maximum absolute atomic E-state index is 12.5. The van der Waals surface area contributed by atoms with Crippen LogP contribution in [0.3, 0.4) is 0 Å². The minimum Gasteiger partial charge on any atom is -0.394 e. The Balaban J connectivity index is 2.26. The zero-order valence-electron chi connectivity index (χ0n) is 12.7. The van der Waals surface area contributed by atoms with Crippen molar-refractivity contribution in [2.45, 2.75) is 32.4 Å². The number of rotatable bonds is 5. The number of nitrogens with zero attached hydrogens (tertiary/aromatic N) is 1. The summed E-state index contributed by atoms with van der Waals surface area (Å²) in [7, 11) is 0. The minimum absolute atomic E-state index is 0.162. The largest absolute Gasteiger partial charge is 0.394 e. The summed E-state index contributed by atoms with van der Waals surface area (Å²) >= 11 is 0. The Bertz CT molecular complexity index is 604. The van der Waals surface area contributed by atoms with Crippen molar-refractivity contribution in [3.05, 3.63) is 59.9 Å². The van der Waals surface area contributed by atoms with Crippen LogP contribution in [-0.4, -0.2) is 22.2 Å². The van der Waals surface area contributed by atoms with Crippen molar-refractivity contribution >= 4 is 5.91 Å². The van der Waals surface area contributed by atoms with Gasteiger partial charge in [0.05, 0.1) is 12.1 Å². The third-order valence-corrected chi connectivity index (χ3v) is 3.68. The van der Waals surface area contributed by atoms with E-state index >= 15 is 0 Å². The lowest BCUT2D eigenvalue weighted by atomic mass is 9.92. The van der Waals surface area contributed by atoms with E-state index in [1.165, 1.54) is 0 Å². The summed E-state index contributed by atoms with van der Waals surface area (Å²) in [5.41, 5.74) is 0.675. The molecule has 2 aromatic rings. The highest BCUT2D eigenvalue weighted by Gasteiger charge is 2.29. The smallest absolute Gasteiger partial charge is 0.268 e. The fourth-order valence-corrected chi connectivity index (χ4v) is 2.36. The van der Waals surface area contributed by atoms with Gasteiger partial charge in [-0.15, -0.1) is 0 Å². The summed E-state index contributed by atoms with van der Waals surface area (Å²) < 4.78 is 1.91. The van der Waals surface area contributed by atoms with Gasteiger partial charge in [-0.05, 0) is 38.5 Å². The molecule has 4 nitrogen and oxygen atoms in total. The van der Waals surface area contributed by atoms with Crippen molar-refractivity contribution in [1.29, 1.82) is 0 Å². The molecule has 4 heteroatoms. The molecule has 1 aromatic heterocycles. The maximum atomic E-state index is 12.5. The first-order chi connectivity index (χ1) is 9.98. The minimum atomic E-state index is -0.801. The van der Waals surface area contributed by atoms with Crippen LogP contribution in [0.25, 0.3) is 0 Å². The zero-order chi connectivity index (χ0) is 15.5. The second kappa shape index (κ2) is 6.14. The average molecular weight is 286 g/mol. The molecule has 21 heavy (non-hydrogen) atoms. The molecule has 1 atom stereocenters. The van der Waals surface area contributed by atoms with Crippen molar-refractivity contribution < 1.29 is 9.90 Å². The number of carbonyl (C=O) groups excluding carboxylic acids is 1. The molecule has 0 aliphatic rings. The number of hydrogen-bond donors (Lipinski definition) is 2. The topological polar surface area (TPSA) is 54.3 Å². The molecule has 0 aliphatic heterocycles. The summed E-state index contributed by atoms with van der Waals surface area (Å²) in [6.07, 6.45) is 1.89. The quantitative estimate of drug-likeness (QED) is 0.888. The predicted octanol–water partition coefficient (Wildman–Crippen LogP) is 2.71. The van der Waals surface area contributed by atoms with E-state index in [0.29, 0.717) is 5.69 Å². The molecule has 0 bridgehead atoms. The molecule has 2 rings (SSSR count). The third-order valence-electron chi connectivity index (χ3n) is 3.68. The summed E-state index contributed by atoms with van der Waals surface area (Å²) in [5.74, 6) is -0.186. The summed E-state index contributed by atoms with van der Waals surface area (Å²) in [4.78, 5) is 12.5. The van der Waals surface area contributed by atoms with E-state index in [9.17, 15) is 9.90 Å². The van der Waals surface area contributed by atoms with Crippen LogP contribution in [0.4, 0.5) is 0 Å². The van der Waals surface area contributed by atoms with Crippen LogP contribution >= 0.6 is 0 Å². The Morgan fingerprint density at radius 2 is 1.90 bits per heavy atom. The first-order valence-corrected chi connectivity index (χ1v) is 7.13. The Morgan fingerprint density at radius 3 is 2.48 bits per heavy atom. The highest BCUT2D eigenvalue weighted by molar-refractivity contribution is 5.93. The van der Waals surface area contributed by atoms with Gasteiger partial charge in [0, 0.05) is 12.2 Å². The molecule has 0 aliphatic carbocycles. The molecule has 0 fully saturated rings. The summed E-state index contributed by atoms with van der Waals surface area (Å²) in [6.45, 7) is 5.71. The number of aromatic nitrogens is 1. The fourth-order valence-electron chi connectivity index (χ4n) is 2.36. The molecular weight excluding hydrogens is 264 g/mol. The van der Waals surface area contributed by atoms with E-state index in [1.54, 1.807) is 6.07 Å². The number of carbonyl (C=O) groups is 1. The van der Waals surface area contributed by atoms with Crippen LogP contribution in [0.2, 0.25) is 0 Å². The second-order valence-electron chi connectivity index (χ2n) is 5.70. The molecule has 0 radical (unpaired) electrons. The molecule has 0 saturated heterocycles. The fraction of sp³-hybridized carbons (Fsp3) is 0.353. The van der Waals surface area contributed by atoms with E-state index in [2.05, 4.69) is 5.32 Å². The van der Waals surface area contributed by atoms with Gasteiger partial charge in [0.15, 0.2) is 0 Å². The Kier molecular flexibility index (Phi) is 4.48. The lowest BCUT2D eigenvalue weighted by Gasteiger charge is -2.29. The molecular formula is C17H22N2O2. The number of aliphatic hydroxyl groups excluding tert-OH is 1. The Labute approximate surface area is 125 Å². The average Bonchev–Trinajstić information content (AvgIpc) is 2.98. The highest BCUT2D eigenvalue weighted by atomic mass is 16.3. The van der Waals surface area contributed by atoms with Crippen molar-refractivity contribution in [3.63, 3.8) is 0 Å². The second-order valence-corrected chi connectivity index (χ2v) is 5.70. The Hall–Kier alpha value is -2.07. The van der Waals surface area contributed by atoms with Crippen molar-refractivity contribution in [2.24, 2.45) is 0 Å². The SMILES string of the molecule is CC(C)n1cccc1C(=O)NC(C)(CO)c1ccccc1. The first kappa shape index (κ1) is 15.3. The van der Waals surface area contributed by atoms with Gasteiger partial charge in [0.25, 0.3) is 5.91 Å². The zero-order valence-corrected chi connectivity index (χ0v) is 12.7. The number of aliphatic hydroxyl groups is 1. The van der Waals surface area contributed by atoms with E-state index in [4.69, 9.17) is 0 Å². The first-order valence-electron chi connectivity index (χ1n) is 7.13. The van der Waals surface area contributed by atoms with Crippen LogP contribution < -0.4 is 5.32 Å². The summed E-state index contributed by atoms with van der Waals surface area (Å²) in [5, 5.41) is 12.7. The van der Waals surface area contributed by atoms with E-state index < -0.39 is 5.54 Å². The van der Waals surface area contributed by atoms with Gasteiger partial charge in [-0.25, -0.2) is 0 Å². The third kappa shape index (κ3) is 3.16. The standard InChI is InChI=1S/C17H22N2O2/c1-13(2)19-11-7-10-15(19)16(21)18-17(3,12-20)14-8-5-4-6-9-14/h4-11,13,20H,12H2,1-3H3,(H,18,21). The molecule has 0 saturated carbocycles. The van der Waals surface area contributed by atoms with Crippen LogP contribution in [0.1, 0.15) is 42.9 Å². The van der Waals surface area contributed by atoms with Gasteiger partial charge in [0.1, 0.15) is 5.69 Å². The highest BCUT2D eigenvalue weighted by Crippen LogP contribution is 2.21. The number of hydrogen-bond acceptors (Lipinski definition) is 2. The van der Waals surface area contributed by atoms with Gasteiger partial charge in [-0.2, -0.15) is 0 Å². The van der Waals surface area contributed by atoms with E-state index in [0.717, 1.165) is 5.56 Å². The lowest BCUT2D eigenvalue weighted by molar-refractivity contribution is 0.0838. The molecule has 2 N–H and O–H groups in total. The van der Waals surface area contributed by atoms with Crippen molar-refractivity contribution in [1.82, 2.24) is 9.88 Å². The normalized spacial score (nSPS) is 14.0. The molecule has 1 heterocycles. The molecule has 0 spiro atoms. The van der Waals surface area contributed by atoms with Gasteiger partial charge in [-0.1, -0.05) is 30.3 Å².